The molecule has 0 N–H and O–H groups in total. The average molecular weight is 148 g/mol. The van der Waals surface area contributed by atoms with E-state index >= 15 is 0 Å². The molecule has 0 radical (unpaired) electrons. The Morgan fingerprint density at radius 2 is 2.12 bits per heavy atom. The maximum atomic E-state index is 4.75. The van der Waals surface area contributed by atoms with Gasteiger partial charge in [-0.25, -0.2) is 0 Å². The molecule has 0 saturated carbocycles. The number of thiocarbonyl (C=S) groups is 1. The Kier molecular flexibility index (Phi) is 4.69. The summed E-state index contributed by atoms with van der Waals surface area (Å²) in [5.41, 5.74) is 0.532. The molecule has 0 aromatic heterocycles. The van der Waals surface area contributed by atoms with Crippen LogP contribution in [0, 0.1) is 5.92 Å². The van der Waals surface area contributed by atoms with Gasteiger partial charge in [-0.1, -0.05) is 26.1 Å². The molecule has 0 saturated heterocycles. The van der Waals surface area contributed by atoms with Crippen LogP contribution in [0.2, 0.25) is 0 Å². The van der Waals surface area contributed by atoms with Gasteiger partial charge in [-0.3, -0.25) is 0 Å². The highest BCUT2D eigenvalue weighted by atomic mass is 32.1. The Morgan fingerprint density at radius 1 is 1.62 bits per heavy atom. The summed E-state index contributed by atoms with van der Waals surface area (Å²) < 4.78 is 0. The SMILES string of the molecule is CC(C)CC(P)C=S. The second kappa shape index (κ2) is 4.40. The molecule has 48 valence electrons. The molecule has 2 heteroatoms. The third kappa shape index (κ3) is 4.67. The summed E-state index contributed by atoms with van der Waals surface area (Å²) in [5.74, 6) is 0.761. The molecule has 2 unspecified atom stereocenters. The summed E-state index contributed by atoms with van der Waals surface area (Å²) in [6, 6.07) is 0. The lowest BCUT2D eigenvalue weighted by atomic mass is 10.1. The molecule has 0 aromatic rings. The van der Waals surface area contributed by atoms with Crippen LogP contribution in [0.3, 0.4) is 0 Å². The van der Waals surface area contributed by atoms with Crippen LogP contribution in [-0.2, 0) is 0 Å². The van der Waals surface area contributed by atoms with Crippen molar-refractivity contribution in [2.24, 2.45) is 5.92 Å². The van der Waals surface area contributed by atoms with E-state index in [0.717, 1.165) is 5.92 Å². The van der Waals surface area contributed by atoms with Crippen molar-refractivity contribution in [2.45, 2.75) is 25.9 Å². The molecule has 0 aromatic carbocycles. The normalized spacial score (nSPS) is 14.0. The van der Waals surface area contributed by atoms with E-state index in [1.807, 2.05) is 5.37 Å². The minimum absolute atomic E-state index is 0.532. The van der Waals surface area contributed by atoms with Crippen LogP contribution >= 0.6 is 21.5 Å². The van der Waals surface area contributed by atoms with Crippen molar-refractivity contribution in [1.82, 2.24) is 0 Å². The first-order valence-electron chi connectivity index (χ1n) is 2.87. The van der Waals surface area contributed by atoms with Gasteiger partial charge in [0.25, 0.3) is 0 Å². The third-order valence-electron chi connectivity index (χ3n) is 0.918. The van der Waals surface area contributed by atoms with Gasteiger partial charge in [0.15, 0.2) is 0 Å². The monoisotopic (exact) mass is 148 g/mol. The molecule has 0 spiro atoms. The molecular formula is C6H13PS. The fraction of sp³-hybridized carbons (Fsp3) is 0.833. The zero-order valence-electron chi connectivity index (χ0n) is 5.42. The van der Waals surface area contributed by atoms with E-state index in [2.05, 4.69) is 23.1 Å². The third-order valence-corrected chi connectivity index (χ3v) is 2.01. The largest absolute Gasteiger partial charge is 0.129 e. The first-order valence-corrected chi connectivity index (χ1v) is 4.01. The molecule has 0 amide bonds. The van der Waals surface area contributed by atoms with Gasteiger partial charge in [-0.2, -0.15) is 0 Å². The van der Waals surface area contributed by atoms with Gasteiger partial charge in [-0.05, 0) is 17.7 Å². The summed E-state index contributed by atoms with van der Waals surface area (Å²) >= 11 is 4.75. The van der Waals surface area contributed by atoms with Gasteiger partial charge in [0.05, 0.1) is 0 Å². The van der Waals surface area contributed by atoms with E-state index in [9.17, 15) is 0 Å². The van der Waals surface area contributed by atoms with Crippen molar-refractivity contribution < 1.29 is 0 Å². The number of rotatable bonds is 3. The summed E-state index contributed by atoms with van der Waals surface area (Å²) in [4.78, 5) is 0. The summed E-state index contributed by atoms with van der Waals surface area (Å²) in [6.45, 7) is 4.41. The highest BCUT2D eigenvalue weighted by Gasteiger charge is 1.99. The highest BCUT2D eigenvalue weighted by molar-refractivity contribution is 7.79. The topological polar surface area (TPSA) is 0 Å². The molecular weight excluding hydrogens is 135 g/mol. The first-order chi connectivity index (χ1) is 3.66. The van der Waals surface area contributed by atoms with Crippen LogP contribution in [0.5, 0.6) is 0 Å². The molecule has 0 aliphatic carbocycles. The van der Waals surface area contributed by atoms with Crippen LogP contribution in [0.4, 0.5) is 0 Å². The van der Waals surface area contributed by atoms with Gasteiger partial charge >= 0.3 is 0 Å². The zero-order chi connectivity index (χ0) is 6.57. The van der Waals surface area contributed by atoms with Gasteiger partial charge in [-0.15, -0.1) is 9.24 Å². The smallest absolute Gasteiger partial charge is 0.00212 e. The number of hydrogen-bond acceptors (Lipinski definition) is 1. The van der Waals surface area contributed by atoms with E-state index in [4.69, 9.17) is 12.2 Å². The van der Waals surface area contributed by atoms with Gasteiger partial charge in [0, 0.05) is 5.66 Å². The van der Waals surface area contributed by atoms with Crippen LogP contribution < -0.4 is 0 Å². The Labute approximate surface area is 59.3 Å². The van der Waals surface area contributed by atoms with Gasteiger partial charge < -0.3 is 0 Å². The standard InChI is InChI=1S/C6H13PS/c1-5(2)3-6(7)4-8/h4-6H,3,7H2,1-2H3. The maximum absolute atomic E-state index is 4.75. The Balaban J connectivity index is 3.23. The van der Waals surface area contributed by atoms with Crippen molar-refractivity contribution in [3.63, 3.8) is 0 Å². The van der Waals surface area contributed by atoms with Crippen molar-refractivity contribution in [3.05, 3.63) is 0 Å². The Morgan fingerprint density at radius 3 is 2.25 bits per heavy atom. The molecule has 0 nitrogen and oxygen atoms in total. The molecule has 0 heterocycles. The van der Waals surface area contributed by atoms with Gasteiger partial charge in [0.2, 0.25) is 0 Å². The molecule has 0 rings (SSSR count). The summed E-state index contributed by atoms with van der Waals surface area (Å²) in [7, 11) is 2.72. The molecule has 0 aliphatic heterocycles. The van der Waals surface area contributed by atoms with E-state index in [-0.39, 0.29) is 0 Å². The number of hydrogen-bond donors (Lipinski definition) is 0. The molecule has 0 aliphatic rings. The highest BCUT2D eigenvalue weighted by Crippen LogP contribution is 2.10. The predicted molar refractivity (Wildman–Crippen MR) is 46.6 cm³/mol. The summed E-state index contributed by atoms with van der Waals surface area (Å²) in [6.07, 6.45) is 1.19. The lowest BCUT2D eigenvalue weighted by Gasteiger charge is -2.05. The van der Waals surface area contributed by atoms with Crippen LogP contribution in [0.1, 0.15) is 20.3 Å². The maximum Gasteiger partial charge on any atom is 0.00212 e. The van der Waals surface area contributed by atoms with Crippen molar-refractivity contribution in [3.8, 4) is 0 Å². The van der Waals surface area contributed by atoms with Crippen LogP contribution in [-0.4, -0.2) is 11.0 Å². The van der Waals surface area contributed by atoms with Crippen molar-refractivity contribution in [2.75, 3.05) is 0 Å². The fourth-order valence-electron chi connectivity index (χ4n) is 0.600. The van der Waals surface area contributed by atoms with Crippen molar-refractivity contribution >= 4 is 26.8 Å². The zero-order valence-corrected chi connectivity index (χ0v) is 7.40. The quantitative estimate of drug-likeness (QED) is 0.437. The average Bonchev–Trinajstić information content (AvgIpc) is 1.65. The van der Waals surface area contributed by atoms with E-state index in [1.165, 1.54) is 6.42 Å². The van der Waals surface area contributed by atoms with E-state index < -0.39 is 0 Å². The predicted octanol–water partition coefficient (Wildman–Crippen LogP) is 2.28. The van der Waals surface area contributed by atoms with E-state index in [0.29, 0.717) is 5.66 Å². The lowest BCUT2D eigenvalue weighted by molar-refractivity contribution is 0.614. The molecule has 8 heavy (non-hydrogen) atoms. The van der Waals surface area contributed by atoms with Crippen molar-refractivity contribution in [1.29, 1.82) is 0 Å². The molecule has 2 atom stereocenters. The fourth-order valence-corrected chi connectivity index (χ4v) is 1.26. The van der Waals surface area contributed by atoms with Gasteiger partial charge in [0.1, 0.15) is 0 Å². The van der Waals surface area contributed by atoms with E-state index in [1.54, 1.807) is 0 Å². The second-order valence-corrected chi connectivity index (χ2v) is 3.56. The van der Waals surface area contributed by atoms with Crippen LogP contribution in [0.15, 0.2) is 0 Å². The minimum atomic E-state index is 0.532. The molecule has 0 fully saturated rings. The molecule has 0 bridgehead atoms. The van der Waals surface area contributed by atoms with Crippen LogP contribution in [0.25, 0.3) is 0 Å². The summed E-state index contributed by atoms with van der Waals surface area (Å²) in [5, 5.41) is 1.81. The second-order valence-electron chi connectivity index (χ2n) is 2.43. The first kappa shape index (κ1) is 8.52. The lowest BCUT2D eigenvalue weighted by Crippen LogP contribution is -2.01. The Hall–Kier alpha value is 0.520. The Bertz CT molecular complexity index is 70.9. The minimum Gasteiger partial charge on any atom is -0.129 e.